The molecule has 1 atom stereocenters. The lowest BCUT2D eigenvalue weighted by Crippen LogP contribution is -2.38. The maximum Gasteiger partial charge on any atom is 0.337 e. The van der Waals surface area contributed by atoms with E-state index in [0.717, 1.165) is 25.1 Å². The Kier molecular flexibility index (Phi) is 5.14. The Labute approximate surface area is 125 Å². The molecule has 4 heteroatoms. The molecular weight excluding hydrogens is 266 g/mol. The Hall–Kier alpha value is -2.10. The third-order valence-electron chi connectivity index (χ3n) is 3.72. The molecule has 0 spiro atoms. The van der Waals surface area contributed by atoms with Crippen LogP contribution in [-0.2, 0) is 9.53 Å². The highest BCUT2D eigenvalue weighted by atomic mass is 16.5. The van der Waals surface area contributed by atoms with E-state index in [1.165, 1.54) is 13.5 Å². The highest BCUT2D eigenvalue weighted by Gasteiger charge is 2.18. The van der Waals surface area contributed by atoms with Gasteiger partial charge in [-0.25, -0.2) is 4.79 Å². The lowest BCUT2D eigenvalue weighted by atomic mass is 10.0. The Balaban J connectivity index is 1.97. The molecule has 0 N–H and O–H groups in total. The van der Waals surface area contributed by atoms with Gasteiger partial charge in [0.25, 0.3) is 0 Å². The van der Waals surface area contributed by atoms with Crippen molar-refractivity contribution in [3.8, 4) is 0 Å². The van der Waals surface area contributed by atoms with E-state index in [1.807, 2.05) is 4.90 Å². The van der Waals surface area contributed by atoms with Crippen LogP contribution >= 0.6 is 0 Å². The van der Waals surface area contributed by atoms with Crippen molar-refractivity contribution in [3.63, 3.8) is 0 Å². The molecule has 1 fully saturated rings. The van der Waals surface area contributed by atoms with Crippen LogP contribution in [0, 0.1) is 5.92 Å². The summed E-state index contributed by atoms with van der Waals surface area (Å²) >= 11 is 0. The fraction of sp³-hybridized carbons (Fsp3) is 0.412. The molecule has 0 aromatic heterocycles. The molecule has 1 aromatic rings. The van der Waals surface area contributed by atoms with Crippen molar-refractivity contribution in [1.29, 1.82) is 0 Å². The van der Waals surface area contributed by atoms with Gasteiger partial charge in [-0.15, -0.1) is 0 Å². The van der Waals surface area contributed by atoms with Crippen LogP contribution in [0.25, 0.3) is 6.08 Å². The van der Waals surface area contributed by atoms with Crippen LogP contribution in [-0.4, -0.2) is 37.0 Å². The van der Waals surface area contributed by atoms with E-state index >= 15 is 0 Å². The number of hydrogen-bond acceptors (Lipinski definition) is 3. The molecule has 4 nitrogen and oxygen atoms in total. The topological polar surface area (TPSA) is 46.6 Å². The molecule has 1 saturated heterocycles. The van der Waals surface area contributed by atoms with Gasteiger partial charge in [0.15, 0.2) is 0 Å². The smallest absolute Gasteiger partial charge is 0.337 e. The van der Waals surface area contributed by atoms with Gasteiger partial charge in [0, 0.05) is 19.2 Å². The van der Waals surface area contributed by atoms with E-state index in [1.54, 1.807) is 36.4 Å². The summed E-state index contributed by atoms with van der Waals surface area (Å²) in [5.74, 6) is 0.276. The van der Waals surface area contributed by atoms with E-state index in [9.17, 15) is 9.59 Å². The van der Waals surface area contributed by atoms with Crippen LogP contribution in [0.1, 0.15) is 35.7 Å². The fourth-order valence-corrected chi connectivity index (χ4v) is 2.51. The van der Waals surface area contributed by atoms with Crippen molar-refractivity contribution in [1.82, 2.24) is 4.90 Å². The molecule has 1 aliphatic heterocycles. The first-order chi connectivity index (χ1) is 10.1. The van der Waals surface area contributed by atoms with Crippen LogP contribution < -0.4 is 0 Å². The van der Waals surface area contributed by atoms with Crippen molar-refractivity contribution in [2.45, 2.75) is 19.8 Å². The normalized spacial score (nSPS) is 18.8. The predicted octanol–water partition coefficient (Wildman–Crippen LogP) is 2.74. The van der Waals surface area contributed by atoms with Gasteiger partial charge in [-0.1, -0.05) is 19.1 Å². The zero-order valence-corrected chi connectivity index (χ0v) is 12.5. The largest absolute Gasteiger partial charge is 0.465 e. The standard InChI is InChI=1S/C17H21NO3/c1-13-4-3-11-18(12-13)16(19)10-7-14-5-8-15(9-6-14)17(20)21-2/h5-10,13H,3-4,11-12H2,1-2H3. The summed E-state index contributed by atoms with van der Waals surface area (Å²) in [5, 5.41) is 0. The van der Waals surface area contributed by atoms with Crippen LogP contribution in [0.15, 0.2) is 30.3 Å². The summed E-state index contributed by atoms with van der Waals surface area (Å²) in [5.41, 5.74) is 1.40. The number of benzene rings is 1. The van der Waals surface area contributed by atoms with Crippen molar-refractivity contribution >= 4 is 18.0 Å². The maximum atomic E-state index is 12.1. The molecule has 0 aliphatic carbocycles. The number of likely N-dealkylation sites (tertiary alicyclic amines) is 1. The molecule has 0 saturated carbocycles. The monoisotopic (exact) mass is 287 g/mol. The predicted molar refractivity (Wildman–Crippen MR) is 81.8 cm³/mol. The number of methoxy groups -OCH3 is 1. The quantitative estimate of drug-likeness (QED) is 0.634. The molecule has 21 heavy (non-hydrogen) atoms. The average molecular weight is 287 g/mol. The van der Waals surface area contributed by atoms with Crippen LogP contribution in [0.4, 0.5) is 0 Å². The summed E-state index contributed by atoms with van der Waals surface area (Å²) in [6, 6.07) is 6.99. The number of nitrogens with zero attached hydrogens (tertiary/aromatic N) is 1. The van der Waals surface area contributed by atoms with Gasteiger partial charge >= 0.3 is 5.97 Å². The molecule has 2 rings (SSSR count). The van der Waals surface area contributed by atoms with Crippen molar-refractivity contribution < 1.29 is 14.3 Å². The van der Waals surface area contributed by atoms with Gasteiger partial charge in [-0.2, -0.15) is 0 Å². The van der Waals surface area contributed by atoms with Crippen LogP contribution in [0.5, 0.6) is 0 Å². The number of piperidine rings is 1. The van der Waals surface area contributed by atoms with Crippen molar-refractivity contribution in [3.05, 3.63) is 41.5 Å². The minimum atomic E-state index is -0.357. The molecule has 0 radical (unpaired) electrons. The van der Waals surface area contributed by atoms with E-state index < -0.39 is 0 Å². The molecule has 1 amide bonds. The first kappa shape index (κ1) is 15.3. The highest BCUT2D eigenvalue weighted by molar-refractivity contribution is 5.92. The molecule has 1 heterocycles. The number of esters is 1. The summed E-state index contributed by atoms with van der Waals surface area (Å²) in [7, 11) is 1.36. The van der Waals surface area contributed by atoms with Gasteiger partial charge in [0.1, 0.15) is 0 Å². The minimum absolute atomic E-state index is 0.0543. The lowest BCUT2D eigenvalue weighted by Gasteiger charge is -2.30. The van der Waals surface area contributed by atoms with E-state index in [2.05, 4.69) is 11.7 Å². The second-order valence-corrected chi connectivity index (χ2v) is 5.48. The fourth-order valence-electron chi connectivity index (χ4n) is 2.51. The molecular formula is C17H21NO3. The summed E-state index contributed by atoms with van der Waals surface area (Å²) < 4.78 is 4.65. The van der Waals surface area contributed by atoms with E-state index in [4.69, 9.17) is 0 Å². The number of ether oxygens (including phenoxy) is 1. The zero-order chi connectivity index (χ0) is 15.2. The molecule has 1 aromatic carbocycles. The third-order valence-corrected chi connectivity index (χ3v) is 3.72. The number of hydrogen-bond donors (Lipinski definition) is 0. The van der Waals surface area contributed by atoms with Crippen molar-refractivity contribution in [2.24, 2.45) is 5.92 Å². The average Bonchev–Trinajstić information content (AvgIpc) is 2.52. The second-order valence-electron chi connectivity index (χ2n) is 5.48. The summed E-state index contributed by atoms with van der Waals surface area (Å²) in [4.78, 5) is 25.3. The van der Waals surface area contributed by atoms with Crippen molar-refractivity contribution in [2.75, 3.05) is 20.2 Å². The Morgan fingerprint density at radius 2 is 2.00 bits per heavy atom. The van der Waals surface area contributed by atoms with Gasteiger partial charge in [0.05, 0.1) is 12.7 Å². The van der Waals surface area contributed by atoms with Gasteiger partial charge < -0.3 is 9.64 Å². The molecule has 0 bridgehead atoms. The first-order valence-electron chi connectivity index (χ1n) is 7.25. The first-order valence-corrected chi connectivity index (χ1v) is 7.25. The number of carbonyl (C=O) groups excluding carboxylic acids is 2. The number of amides is 1. The summed E-state index contributed by atoms with van der Waals surface area (Å²) in [6.45, 7) is 3.86. The summed E-state index contributed by atoms with van der Waals surface area (Å²) in [6.07, 6.45) is 5.66. The third kappa shape index (κ3) is 4.18. The lowest BCUT2D eigenvalue weighted by molar-refractivity contribution is -0.127. The van der Waals surface area contributed by atoms with Gasteiger partial charge in [-0.05, 0) is 42.5 Å². The van der Waals surface area contributed by atoms with Crippen LogP contribution in [0.2, 0.25) is 0 Å². The maximum absolute atomic E-state index is 12.1. The Morgan fingerprint density at radius 1 is 1.29 bits per heavy atom. The Bertz CT molecular complexity index is 533. The minimum Gasteiger partial charge on any atom is -0.465 e. The Morgan fingerprint density at radius 3 is 2.62 bits per heavy atom. The van der Waals surface area contributed by atoms with E-state index in [-0.39, 0.29) is 11.9 Å². The highest BCUT2D eigenvalue weighted by Crippen LogP contribution is 2.16. The second kappa shape index (κ2) is 7.07. The number of rotatable bonds is 3. The molecule has 1 aliphatic rings. The van der Waals surface area contributed by atoms with E-state index in [0.29, 0.717) is 11.5 Å². The van der Waals surface area contributed by atoms with Crippen LogP contribution in [0.3, 0.4) is 0 Å². The SMILES string of the molecule is COC(=O)c1ccc(C=CC(=O)N2CCCC(C)C2)cc1. The molecule has 1 unspecified atom stereocenters. The van der Waals surface area contributed by atoms with Gasteiger partial charge in [-0.3, -0.25) is 4.79 Å². The number of carbonyl (C=O) groups is 2. The van der Waals surface area contributed by atoms with Gasteiger partial charge in [0.2, 0.25) is 5.91 Å². The molecule has 112 valence electrons. The zero-order valence-electron chi connectivity index (χ0n) is 12.5.